The van der Waals surface area contributed by atoms with Crippen molar-refractivity contribution in [3.8, 4) is 5.75 Å². The van der Waals surface area contributed by atoms with Gasteiger partial charge in [-0.25, -0.2) is 4.39 Å². The zero-order valence-corrected chi connectivity index (χ0v) is 27.3. The molecule has 0 radical (unpaired) electrons. The lowest BCUT2D eigenvalue weighted by Gasteiger charge is -2.50. The van der Waals surface area contributed by atoms with Crippen molar-refractivity contribution in [2.24, 2.45) is 23.7 Å². The summed E-state index contributed by atoms with van der Waals surface area (Å²) in [6.45, 7) is 5.45. The number of carbonyl (C=O) groups is 4. The molecule has 11 heteroatoms. The number of fused-ring (bicyclic) bond motifs is 4. The Bertz CT molecular complexity index is 1870. The van der Waals surface area contributed by atoms with Crippen molar-refractivity contribution in [3.05, 3.63) is 105 Å². The summed E-state index contributed by atoms with van der Waals surface area (Å²) in [5, 5.41) is 11.9. The number of aromatic hydroxyl groups is 1. The van der Waals surface area contributed by atoms with Gasteiger partial charge in [0.1, 0.15) is 11.6 Å². The molecule has 2 aliphatic heterocycles. The van der Waals surface area contributed by atoms with E-state index in [1.54, 1.807) is 30.3 Å². The van der Waals surface area contributed by atoms with Crippen molar-refractivity contribution in [1.29, 1.82) is 0 Å². The quantitative estimate of drug-likeness (QED) is 0.238. The van der Waals surface area contributed by atoms with E-state index < -0.39 is 58.2 Å². The molecular weight excluding hydrogens is 644 g/mol. The Balaban J connectivity index is 1.47. The van der Waals surface area contributed by atoms with Crippen molar-refractivity contribution >= 4 is 52.5 Å². The monoisotopic (exact) mass is 675 g/mol. The van der Waals surface area contributed by atoms with Crippen LogP contribution in [-0.2, 0) is 24.6 Å². The van der Waals surface area contributed by atoms with Crippen LogP contribution in [0.4, 0.5) is 10.1 Å². The number of amides is 4. The smallest absolute Gasteiger partial charge is 0.260 e. The molecule has 4 amide bonds. The highest BCUT2D eigenvalue weighted by atomic mass is 35.5. The molecule has 2 heterocycles. The number of hydrogen-bond donors (Lipinski definition) is 2. The van der Waals surface area contributed by atoms with Crippen molar-refractivity contribution in [1.82, 2.24) is 9.91 Å². The summed E-state index contributed by atoms with van der Waals surface area (Å²) >= 11 is 13.2. The van der Waals surface area contributed by atoms with Crippen molar-refractivity contribution in [2.45, 2.75) is 50.5 Å². The summed E-state index contributed by atoms with van der Waals surface area (Å²) < 4.78 is 13.8. The maximum Gasteiger partial charge on any atom is 0.260 e. The van der Waals surface area contributed by atoms with E-state index in [4.69, 9.17) is 23.2 Å². The van der Waals surface area contributed by atoms with E-state index in [9.17, 15) is 23.9 Å². The van der Waals surface area contributed by atoms with Crippen LogP contribution in [0.3, 0.4) is 0 Å². The van der Waals surface area contributed by atoms with Gasteiger partial charge in [0, 0.05) is 21.5 Å². The predicted molar refractivity (Wildman–Crippen MR) is 174 cm³/mol. The number of hydrogen-bond acceptors (Lipinski definition) is 6. The predicted octanol–water partition coefficient (Wildman–Crippen LogP) is 6.62. The molecule has 1 saturated carbocycles. The lowest BCUT2D eigenvalue weighted by atomic mass is 9.49. The van der Waals surface area contributed by atoms with Crippen LogP contribution in [0.2, 0.25) is 10.0 Å². The number of benzene rings is 3. The number of phenols is 1. The third-order valence-electron chi connectivity index (χ3n) is 10.2. The normalized spacial score (nSPS) is 28.6. The Kier molecular flexibility index (Phi) is 7.29. The van der Waals surface area contributed by atoms with Crippen LogP contribution in [0.1, 0.15) is 50.7 Å². The van der Waals surface area contributed by atoms with Gasteiger partial charge in [-0.15, -0.1) is 0 Å². The number of halogens is 3. The van der Waals surface area contributed by atoms with Crippen LogP contribution in [-0.4, -0.2) is 44.2 Å². The van der Waals surface area contributed by atoms with Gasteiger partial charge in [0.25, 0.3) is 11.8 Å². The minimum absolute atomic E-state index is 0.0771. The summed E-state index contributed by atoms with van der Waals surface area (Å²) in [7, 11) is 0. The number of phenolic OH excluding ortho intramolecular Hbond substituents is 1. The van der Waals surface area contributed by atoms with Gasteiger partial charge in [-0.1, -0.05) is 53.1 Å². The summed E-state index contributed by atoms with van der Waals surface area (Å²) in [6, 6.07) is 16.6. The van der Waals surface area contributed by atoms with Crippen LogP contribution in [0.15, 0.2) is 78.4 Å². The van der Waals surface area contributed by atoms with Gasteiger partial charge in [-0.2, -0.15) is 5.01 Å². The molecule has 47 heavy (non-hydrogen) atoms. The molecule has 242 valence electrons. The molecule has 2 aliphatic carbocycles. The first kappa shape index (κ1) is 31.4. The van der Waals surface area contributed by atoms with E-state index in [0.717, 1.165) is 10.6 Å². The number of hydrazine groups is 1. The minimum atomic E-state index is -1.56. The van der Waals surface area contributed by atoms with E-state index in [-0.39, 0.29) is 35.4 Å². The van der Waals surface area contributed by atoms with E-state index in [1.807, 2.05) is 26.8 Å². The Morgan fingerprint density at radius 1 is 0.894 bits per heavy atom. The first-order valence-corrected chi connectivity index (χ1v) is 16.2. The molecule has 2 N–H and O–H groups in total. The van der Waals surface area contributed by atoms with Gasteiger partial charge in [0.2, 0.25) is 11.8 Å². The molecular formula is C36H32Cl2FN3O5. The Morgan fingerprint density at radius 3 is 2.21 bits per heavy atom. The average molecular weight is 677 g/mol. The molecule has 0 spiro atoms. The molecule has 2 saturated heterocycles. The number of imide groups is 2. The molecule has 7 rings (SSSR count). The van der Waals surface area contributed by atoms with Crippen molar-refractivity contribution in [2.75, 3.05) is 5.43 Å². The van der Waals surface area contributed by atoms with E-state index >= 15 is 4.79 Å². The number of rotatable bonds is 4. The first-order valence-electron chi connectivity index (χ1n) is 15.5. The van der Waals surface area contributed by atoms with Crippen molar-refractivity contribution < 1.29 is 28.7 Å². The molecule has 6 atom stereocenters. The second kappa shape index (κ2) is 10.9. The summed E-state index contributed by atoms with van der Waals surface area (Å²) in [5.41, 5.74) is 2.70. The molecule has 4 aliphatic rings. The zero-order valence-electron chi connectivity index (χ0n) is 25.8. The SMILES string of the molecule is CC(C)(C)N1C(=O)C2CC=C3C(CC4C(=O)N(Nc5ccc(F)cc5)C(=O)C4(c4ccc(Cl)cc4)C3c3ccc(O)cc3Cl)C2C1=O. The van der Waals surface area contributed by atoms with Gasteiger partial charge in [-0.3, -0.25) is 29.5 Å². The van der Waals surface area contributed by atoms with Gasteiger partial charge >= 0.3 is 0 Å². The fraction of sp³-hybridized carbons (Fsp3) is 0.333. The number of anilines is 1. The fourth-order valence-electron chi connectivity index (χ4n) is 8.41. The fourth-order valence-corrected chi connectivity index (χ4v) is 8.82. The van der Waals surface area contributed by atoms with Crippen LogP contribution in [0, 0.1) is 29.5 Å². The summed E-state index contributed by atoms with van der Waals surface area (Å²) in [5.74, 6) is -5.92. The highest BCUT2D eigenvalue weighted by molar-refractivity contribution is 6.32. The minimum Gasteiger partial charge on any atom is -0.508 e. The highest BCUT2D eigenvalue weighted by Gasteiger charge is 2.70. The van der Waals surface area contributed by atoms with Crippen LogP contribution < -0.4 is 5.43 Å². The lowest BCUT2D eigenvalue weighted by Crippen LogP contribution is -2.53. The number of carbonyl (C=O) groups excluding carboxylic acids is 4. The Labute approximate surface area is 281 Å². The largest absolute Gasteiger partial charge is 0.508 e. The van der Waals surface area contributed by atoms with Crippen LogP contribution in [0.5, 0.6) is 5.75 Å². The van der Waals surface area contributed by atoms with Gasteiger partial charge in [0.15, 0.2) is 0 Å². The topological polar surface area (TPSA) is 107 Å². The summed E-state index contributed by atoms with van der Waals surface area (Å²) in [6.07, 6.45) is 2.34. The molecule has 8 nitrogen and oxygen atoms in total. The van der Waals surface area contributed by atoms with E-state index in [1.165, 1.54) is 41.3 Å². The third kappa shape index (κ3) is 4.61. The number of likely N-dealkylation sites (tertiary alicyclic amines) is 1. The molecule has 6 unspecified atom stereocenters. The third-order valence-corrected chi connectivity index (χ3v) is 10.8. The average Bonchev–Trinajstić information content (AvgIpc) is 3.40. The van der Waals surface area contributed by atoms with Gasteiger partial charge in [-0.05, 0) is 99.2 Å². The van der Waals surface area contributed by atoms with E-state index in [0.29, 0.717) is 21.8 Å². The van der Waals surface area contributed by atoms with Crippen LogP contribution >= 0.6 is 23.2 Å². The number of allylic oxidation sites excluding steroid dienone is 2. The Hall–Kier alpha value is -4.21. The first-order chi connectivity index (χ1) is 22.2. The van der Waals surface area contributed by atoms with Gasteiger partial charge in [0.05, 0.1) is 28.9 Å². The Morgan fingerprint density at radius 2 is 1.57 bits per heavy atom. The van der Waals surface area contributed by atoms with E-state index in [2.05, 4.69) is 5.43 Å². The summed E-state index contributed by atoms with van der Waals surface area (Å²) in [4.78, 5) is 58.9. The number of nitrogens with one attached hydrogen (secondary N) is 1. The standard InChI is InChI=1S/C36H32Cl2FN3O5/c1-35(2,3)41-31(44)25-15-14-23-26(29(25)33(41)46)17-27-32(45)42(40-21-10-8-20(39)9-11-21)34(47)36(27,18-4-6-19(37)7-5-18)30(23)24-13-12-22(43)16-28(24)38/h4-14,16,25-27,29-30,40,43H,15,17H2,1-3H3. The molecule has 3 aromatic rings. The second-order valence-corrected chi connectivity index (χ2v) is 14.6. The highest BCUT2D eigenvalue weighted by Crippen LogP contribution is 2.65. The number of nitrogens with zero attached hydrogens (tertiary/aromatic N) is 2. The van der Waals surface area contributed by atoms with Gasteiger partial charge < -0.3 is 5.11 Å². The lowest BCUT2D eigenvalue weighted by molar-refractivity contribution is -0.146. The molecule has 0 aromatic heterocycles. The molecule has 3 aromatic carbocycles. The zero-order chi connectivity index (χ0) is 33.6. The van der Waals surface area contributed by atoms with Crippen molar-refractivity contribution in [3.63, 3.8) is 0 Å². The molecule has 0 bridgehead atoms. The van der Waals surface area contributed by atoms with Crippen LogP contribution in [0.25, 0.3) is 0 Å². The maximum atomic E-state index is 15.1. The maximum absolute atomic E-state index is 15.1. The second-order valence-electron chi connectivity index (χ2n) is 13.8. The molecule has 3 fully saturated rings.